The van der Waals surface area contributed by atoms with Crippen LogP contribution in [-0.2, 0) is 16.1 Å². The molecular weight excluding hydrogens is 572 g/mol. The van der Waals surface area contributed by atoms with Gasteiger partial charge in [0.05, 0.1) is 17.2 Å². The molecule has 1 aromatic heterocycles. The van der Waals surface area contributed by atoms with Gasteiger partial charge in [-0.05, 0) is 85.9 Å². The average Bonchev–Trinajstić information content (AvgIpc) is 3.58. The van der Waals surface area contributed by atoms with Crippen LogP contribution in [0, 0.1) is 17.8 Å². The van der Waals surface area contributed by atoms with Crippen LogP contribution >= 0.6 is 39.0 Å². The number of esters is 1. The largest absolute Gasteiger partial charge is 0.462 e. The number of nitrogens with zero attached hydrogens (tertiary/aromatic N) is 1. The SMILES string of the molecule is CCOC(=O)c1ccc(NC(=O)Cn2c3c(sc2=O)C(c2cccc(Br)c2)C2C4CCC(C4)C2S3)cc1. The second kappa shape index (κ2) is 10.1. The third-order valence-electron chi connectivity index (χ3n) is 7.88. The summed E-state index contributed by atoms with van der Waals surface area (Å²) in [6.45, 7) is 2.03. The van der Waals surface area contributed by atoms with E-state index in [1.807, 2.05) is 17.8 Å². The van der Waals surface area contributed by atoms with E-state index >= 15 is 0 Å². The molecule has 1 amide bonds. The zero-order valence-electron chi connectivity index (χ0n) is 20.3. The maximum Gasteiger partial charge on any atom is 0.338 e. The van der Waals surface area contributed by atoms with E-state index in [0.717, 1.165) is 14.4 Å². The first-order valence-electron chi connectivity index (χ1n) is 12.7. The number of carbonyl (C=O) groups is 2. The van der Waals surface area contributed by atoms with Gasteiger partial charge in [0.25, 0.3) is 0 Å². The van der Waals surface area contributed by atoms with Crippen molar-refractivity contribution >= 4 is 56.6 Å². The van der Waals surface area contributed by atoms with Crippen LogP contribution in [0.4, 0.5) is 5.69 Å². The summed E-state index contributed by atoms with van der Waals surface area (Å²) in [5.74, 6) is 1.44. The Morgan fingerprint density at radius 2 is 1.92 bits per heavy atom. The highest BCUT2D eigenvalue weighted by molar-refractivity contribution is 9.10. The fourth-order valence-corrected chi connectivity index (χ4v) is 9.98. The number of amides is 1. The van der Waals surface area contributed by atoms with Crippen molar-refractivity contribution < 1.29 is 14.3 Å². The molecule has 2 aliphatic carbocycles. The van der Waals surface area contributed by atoms with Crippen LogP contribution in [0.25, 0.3) is 0 Å². The van der Waals surface area contributed by atoms with E-state index in [1.165, 1.54) is 36.2 Å². The Kier molecular flexibility index (Phi) is 6.79. The minimum atomic E-state index is -0.396. The van der Waals surface area contributed by atoms with Gasteiger partial charge >= 0.3 is 10.8 Å². The molecule has 6 rings (SSSR count). The van der Waals surface area contributed by atoms with E-state index in [2.05, 4.69) is 39.4 Å². The molecule has 3 aliphatic rings. The number of aromatic nitrogens is 1. The number of ether oxygens (including phenoxy) is 1. The van der Waals surface area contributed by atoms with Gasteiger partial charge in [0, 0.05) is 26.2 Å². The smallest absolute Gasteiger partial charge is 0.338 e. The fraction of sp³-hybridized carbons (Fsp3) is 0.393. The van der Waals surface area contributed by atoms with Crippen LogP contribution in [0.5, 0.6) is 0 Å². The van der Waals surface area contributed by atoms with E-state index in [0.29, 0.717) is 40.9 Å². The van der Waals surface area contributed by atoms with Gasteiger partial charge < -0.3 is 10.1 Å². The molecule has 9 heteroatoms. The van der Waals surface area contributed by atoms with Gasteiger partial charge in [0.15, 0.2) is 0 Å². The monoisotopic (exact) mass is 598 g/mol. The minimum Gasteiger partial charge on any atom is -0.462 e. The fourth-order valence-electron chi connectivity index (χ4n) is 6.41. The van der Waals surface area contributed by atoms with Crippen molar-refractivity contribution in [2.45, 2.75) is 48.9 Å². The molecule has 2 fully saturated rings. The number of anilines is 1. The lowest BCUT2D eigenvalue weighted by molar-refractivity contribution is -0.116. The summed E-state index contributed by atoms with van der Waals surface area (Å²) in [6.07, 6.45) is 3.81. The molecule has 6 nitrogen and oxygen atoms in total. The van der Waals surface area contributed by atoms with Gasteiger partial charge in [0.1, 0.15) is 6.54 Å². The highest BCUT2D eigenvalue weighted by Gasteiger charge is 2.55. The van der Waals surface area contributed by atoms with Gasteiger partial charge in [-0.1, -0.05) is 39.4 Å². The topological polar surface area (TPSA) is 77.4 Å². The van der Waals surface area contributed by atoms with Crippen LogP contribution < -0.4 is 10.2 Å². The molecule has 5 unspecified atom stereocenters. The van der Waals surface area contributed by atoms with E-state index in [-0.39, 0.29) is 23.2 Å². The first-order chi connectivity index (χ1) is 17.9. The van der Waals surface area contributed by atoms with Crippen LogP contribution in [0.3, 0.4) is 0 Å². The second-order valence-corrected chi connectivity index (χ2v) is 13.1. The van der Waals surface area contributed by atoms with Crippen molar-refractivity contribution in [1.82, 2.24) is 4.57 Å². The van der Waals surface area contributed by atoms with Crippen molar-refractivity contribution in [2.24, 2.45) is 17.8 Å². The molecule has 0 radical (unpaired) electrons. The number of hydrogen-bond donors (Lipinski definition) is 1. The summed E-state index contributed by atoms with van der Waals surface area (Å²) in [4.78, 5) is 39.2. The van der Waals surface area contributed by atoms with Crippen molar-refractivity contribution in [3.63, 3.8) is 0 Å². The second-order valence-electron chi connectivity index (χ2n) is 10.00. The van der Waals surface area contributed by atoms with E-state index < -0.39 is 5.97 Å². The molecule has 2 bridgehead atoms. The predicted molar refractivity (Wildman–Crippen MR) is 150 cm³/mol. The van der Waals surface area contributed by atoms with Crippen molar-refractivity contribution in [2.75, 3.05) is 11.9 Å². The molecule has 192 valence electrons. The quantitative estimate of drug-likeness (QED) is 0.345. The normalized spacial score (nSPS) is 25.4. The Hall–Kier alpha value is -2.36. The molecule has 1 N–H and O–H groups in total. The number of thiazole rings is 1. The molecule has 2 saturated carbocycles. The lowest BCUT2D eigenvalue weighted by Crippen LogP contribution is -2.34. The molecule has 2 aromatic carbocycles. The van der Waals surface area contributed by atoms with E-state index in [9.17, 15) is 14.4 Å². The summed E-state index contributed by atoms with van der Waals surface area (Å²) in [7, 11) is 0. The first kappa shape index (κ1) is 24.9. The zero-order chi connectivity index (χ0) is 25.7. The molecular formula is C28H27BrN2O4S2. The van der Waals surface area contributed by atoms with Gasteiger partial charge in [0.2, 0.25) is 5.91 Å². The number of thioether (sulfide) groups is 1. The molecule has 5 atom stereocenters. The first-order valence-corrected chi connectivity index (χ1v) is 15.1. The Balaban J connectivity index is 1.28. The molecule has 2 heterocycles. The number of hydrogen-bond acceptors (Lipinski definition) is 6. The van der Waals surface area contributed by atoms with E-state index in [4.69, 9.17) is 4.74 Å². The Bertz CT molecular complexity index is 1420. The highest BCUT2D eigenvalue weighted by atomic mass is 79.9. The van der Waals surface area contributed by atoms with Crippen molar-refractivity contribution in [3.05, 3.63) is 78.7 Å². The maximum atomic E-state index is 13.2. The van der Waals surface area contributed by atoms with Gasteiger partial charge in [-0.3, -0.25) is 14.2 Å². The van der Waals surface area contributed by atoms with Gasteiger partial charge in [-0.2, -0.15) is 0 Å². The summed E-state index contributed by atoms with van der Waals surface area (Å²) in [5, 5.41) is 4.31. The van der Waals surface area contributed by atoms with E-state index in [1.54, 1.807) is 35.8 Å². The molecule has 1 aliphatic heterocycles. The third-order valence-corrected chi connectivity index (χ3v) is 11.2. The number of benzene rings is 2. The van der Waals surface area contributed by atoms with Crippen LogP contribution in [-0.4, -0.2) is 28.3 Å². The van der Waals surface area contributed by atoms with Crippen LogP contribution in [0.1, 0.15) is 52.9 Å². The summed E-state index contributed by atoms with van der Waals surface area (Å²) in [6, 6.07) is 15.1. The lowest BCUT2D eigenvalue weighted by Gasteiger charge is -2.40. The summed E-state index contributed by atoms with van der Waals surface area (Å²) in [5.41, 5.74) is 2.25. The number of rotatable bonds is 6. The van der Waals surface area contributed by atoms with Crippen LogP contribution in [0.15, 0.2) is 62.8 Å². The molecule has 0 spiro atoms. The predicted octanol–water partition coefficient (Wildman–Crippen LogP) is 6.14. The van der Waals surface area contributed by atoms with Crippen molar-refractivity contribution in [3.8, 4) is 0 Å². The van der Waals surface area contributed by atoms with Gasteiger partial charge in [-0.25, -0.2) is 4.79 Å². The molecule has 37 heavy (non-hydrogen) atoms. The minimum absolute atomic E-state index is 0.0337. The molecule has 0 saturated heterocycles. The summed E-state index contributed by atoms with van der Waals surface area (Å²) < 4.78 is 7.72. The number of halogens is 1. The Morgan fingerprint density at radius 3 is 2.68 bits per heavy atom. The highest BCUT2D eigenvalue weighted by Crippen LogP contribution is 2.64. The number of carbonyl (C=O) groups excluding carboxylic acids is 2. The Labute approximate surface area is 231 Å². The molecule has 3 aromatic rings. The third kappa shape index (κ3) is 4.59. The maximum absolute atomic E-state index is 13.2. The zero-order valence-corrected chi connectivity index (χ0v) is 23.5. The lowest BCUT2D eigenvalue weighted by atomic mass is 9.75. The Morgan fingerprint density at radius 1 is 1.14 bits per heavy atom. The van der Waals surface area contributed by atoms with Crippen molar-refractivity contribution in [1.29, 1.82) is 0 Å². The number of nitrogens with one attached hydrogen (secondary N) is 1. The average molecular weight is 600 g/mol. The van der Waals surface area contributed by atoms with Gasteiger partial charge in [-0.15, -0.1) is 11.8 Å². The standard InChI is InChI=1S/C28H27BrN2O4S2/c1-2-35-27(33)15-8-10-20(11-9-15)30-21(32)14-31-26-25(37-28(31)34)23(16-4-3-5-19(29)13-16)22-17-6-7-18(12-17)24(22)36-26/h3-5,8-11,13,17-18,22-24H,2,6-7,12,14H2,1H3,(H,30,32). The van der Waals surface area contributed by atoms with Crippen LogP contribution in [0.2, 0.25) is 0 Å². The number of fused-ring (bicyclic) bond motifs is 6. The summed E-state index contributed by atoms with van der Waals surface area (Å²) >= 11 is 6.77.